The zero-order valence-corrected chi connectivity index (χ0v) is 14.3. The largest absolute Gasteiger partial charge is 0.0888 e. The molecule has 3 aromatic carbocycles. The SMILES string of the molecule is CC/C=C/CCc1ccccc1-c1ccc(-c2ccccc2)cc1. The van der Waals surface area contributed by atoms with Crippen LogP contribution in [0.3, 0.4) is 0 Å². The highest BCUT2D eigenvalue weighted by molar-refractivity contribution is 5.72. The number of hydrogen-bond donors (Lipinski definition) is 0. The Morgan fingerprint density at radius 3 is 2.00 bits per heavy atom. The van der Waals surface area contributed by atoms with Crippen molar-refractivity contribution in [3.8, 4) is 22.3 Å². The van der Waals surface area contributed by atoms with E-state index in [-0.39, 0.29) is 0 Å². The molecule has 0 atom stereocenters. The predicted molar refractivity (Wildman–Crippen MR) is 105 cm³/mol. The van der Waals surface area contributed by atoms with Gasteiger partial charge in [0.05, 0.1) is 0 Å². The van der Waals surface area contributed by atoms with E-state index in [2.05, 4.69) is 97.9 Å². The van der Waals surface area contributed by atoms with Crippen LogP contribution in [-0.4, -0.2) is 0 Å². The zero-order chi connectivity index (χ0) is 16.6. The maximum Gasteiger partial charge on any atom is -0.0152 e. The molecule has 0 heteroatoms. The highest BCUT2D eigenvalue weighted by Crippen LogP contribution is 2.27. The summed E-state index contributed by atoms with van der Waals surface area (Å²) in [5, 5.41) is 0. The van der Waals surface area contributed by atoms with Crippen LogP contribution in [0.1, 0.15) is 25.3 Å². The van der Waals surface area contributed by atoms with E-state index in [1.165, 1.54) is 27.8 Å². The summed E-state index contributed by atoms with van der Waals surface area (Å²) in [6.45, 7) is 2.18. The third-order valence-corrected chi connectivity index (χ3v) is 4.30. The van der Waals surface area contributed by atoms with Crippen LogP contribution < -0.4 is 0 Å². The average molecular weight is 312 g/mol. The fraction of sp³-hybridized carbons (Fsp3) is 0.167. The number of allylic oxidation sites excluding steroid dienone is 2. The van der Waals surface area contributed by atoms with Crippen LogP contribution in [0.4, 0.5) is 0 Å². The van der Waals surface area contributed by atoms with Crippen molar-refractivity contribution >= 4 is 0 Å². The maximum absolute atomic E-state index is 2.29. The lowest BCUT2D eigenvalue weighted by atomic mass is 9.95. The molecule has 3 rings (SSSR count). The fourth-order valence-electron chi connectivity index (χ4n) is 3.02. The standard InChI is InChI=1S/C24H24/c1-2-3-4-6-13-22-14-9-10-15-24(22)23-18-16-21(17-19-23)20-11-7-5-8-12-20/h3-5,7-12,14-19H,2,6,13H2,1H3/b4-3+. The monoisotopic (exact) mass is 312 g/mol. The molecule has 3 aromatic rings. The Hall–Kier alpha value is -2.60. The molecular weight excluding hydrogens is 288 g/mol. The lowest BCUT2D eigenvalue weighted by Crippen LogP contribution is -1.89. The zero-order valence-electron chi connectivity index (χ0n) is 14.3. The molecule has 0 fully saturated rings. The number of rotatable bonds is 6. The highest BCUT2D eigenvalue weighted by atomic mass is 14.1. The molecule has 0 nitrogen and oxygen atoms in total. The van der Waals surface area contributed by atoms with Gasteiger partial charge in [-0.1, -0.05) is 97.9 Å². The number of benzene rings is 3. The molecular formula is C24H24. The Morgan fingerprint density at radius 2 is 1.25 bits per heavy atom. The van der Waals surface area contributed by atoms with Crippen molar-refractivity contribution < 1.29 is 0 Å². The molecule has 0 aromatic heterocycles. The smallest absolute Gasteiger partial charge is 0.0152 e. The molecule has 0 aliphatic heterocycles. The molecule has 0 amide bonds. The fourth-order valence-corrected chi connectivity index (χ4v) is 3.02. The first-order valence-corrected chi connectivity index (χ1v) is 8.77. The summed E-state index contributed by atoms with van der Waals surface area (Å²) in [5.41, 5.74) is 6.60. The summed E-state index contributed by atoms with van der Waals surface area (Å²) in [6, 6.07) is 28.2. The summed E-state index contributed by atoms with van der Waals surface area (Å²) in [7, 11) is 0. The Morgan fingerprint density at radius 1 is 0.625 bits per heavy atom. The lowest BCUT2D eigenvalue weighted by molar-refractivity contribution is 0.994. The first kappa shape index (κ1) is 16.3. The molecule has 0 aliphatic rings. The van der Waals surface area contributed by atoms with Crippen LogP contribution in [0.25, 0.3) is 22.3 Å². The first-order valence-electron chi connectivity index (χ1n) is 8.77. The van der Waals surface area contributed by atoms with Crippen molar-refractivity contribution in [1.82, 2.24) is 0 Å². The lowest BCUT2D eigenvalue weighted by Gasteiger charge is -2.10. The van der Waals surface area contributed by atoms with Crippen molar-refractivity contribution in [2.45, 2.75) is 26.2 Å². The van der Waals surface area contributed by atoms with E-state index >= 15 is 0 Å². The third kappa shape index (κ3) is 4.02. The minimum absolute atomic E-state index is 1.09. The molecule has 0 saturated carbocycles. The van der Waals surface area contributed by atoms with E-state index in [4.69, 9.17) is 0 Å². The van der Waals surface area contributed by atoms with Crippen LogP contribution in [0.2, 0.25) is 0 Å². The molecule has 0 N–H and O–H groups in total. The van der Waals surface area contributed by atoms with E-state index in [1.807, 2.05) is 0 Å². The quantitative estimate of drug-likeness (QED) is 0.433. The summed E-state index contributed by atoms with van der Waals surface area (Å²) >= 11 is 0. The minimum atomic E-state index is 1.09. The van der Waals surface area contributed by atoms with E-state index in [1.54, 1.807) is 0 Å². The van der Waals surface area contributed by atoms with Crippen molar-refractivity contribution in [2.24, 2.45) is 0 Å². The molecule has 0 saturated heterocycles. The van der Waals surface area contributed by atoms with Crippen molar-refractivity contribution in [1.29, 1.82) is 0 Å². The maximum atomic E-state index is 2.29. The van der Waals surface area contributed by atoms with Gasteiger partial charge < -0.3 is 0 Å². The van der Waals surface area contributed by atoms with Gasteiger partial charge >= 0.3 is 0 Å². The van der Waals surface area contributed by atoms with E-state index in [0.717, 1.165) is 19.3 Å². The van der Waals surface area contributed by atoms with Gasteiger partial charge in [0, 0.05) is 0 Å². The van der Waals surface area contributed by atoms with Crippen LogP contribution in [-0.2, 0) is 6.42 Å². The molecule has 0 unspecified atom stereocenters. The highest BCUT2D eigenvalue weighted by Gasteiger charge is 2.04. The van der Waals surface area contributed by atoms with E-state index in [0.29, 0.717) is 0 Å². The van der Waals surface area contributed by atoms with Crippen molar-refractivity contribution in [2.75, 3.05) is 0 Å². The molecule has 120 valence electrons. The Kier molecular flexibility index (Phi) is 5.63. The molecule has 0 radical (unpaired) electrons. The Labute approximate surface area is 145 Å². The number of hydrogen-bond acceptors (Lipinski definition) is 0. The van der Waals surface area contributed by atoms with Gasteiger partial charge in [-0.2, -0.15) is 0 Å². The van der Waals surface area contributed by atoms with Crippen LogP contribution >= 0.6 is 0 Å². The molecule has 0 bridgehead atoms. The molecule has 24 heavy (non-hydrogen) atoms. The summed E-state index contributed by atoms with van der Waals surface area (Å²) in [4.78, 5) is 0. The Balaban J connectivity index is 1.83. The van der Waals surface area contributed by atoms with Gasteiger partial charge in [0.2, 0.25) is 0 Å². The van der Waals surface area contributed by atoms with Crippen molar-refractivity contribution in [3.05, 3.63) is 96.6 Å². The van der Waals surface area contributed by atoms with Gasteiger partial charge in [-0.05, 0) is 47.1 Å². The van der Waals surface area contributed by atoms with Crippen LogP contribution in [0, 0.1) is 0 Å². The second-order valence-electron chi connectivity index (χ2n) is 6.02. The van der Waals surface area contributed by atoms with Gasteiger partial charge in [0.15, 0.2) is 0 Å². The van der Waals surface area contributed by atoms with Gasteiger partial charge in [0.25, 0.3) is 0 Å². The molecule has 0 aliphatic carbocycles. The summed E-state index contributed by atoms with van der Waals surface area (Å²) < 4.78 is 0. The molecule has 0 heterocycles. The second-order valence-corrected chi connectivity index (χ2v) is 6.02. The predicted octanol–water partition coefficient (Wildman–Crippen LogP) is 6.92. The molecule has 0 spiro atoms. The van der Waals surface area contributed by atoms with E-state index in [9.17, 15) is 0 Å². The normalized spacial score (nSPS) is 11.0. The topological polar surface area (TPSA) is 0 Å². The summed E-state index contributed by atoms with van der Waals surface area (Å²) in [5.74, 6) is 0. The van der Waals surface area contributed by atoms with Gasteiger partial charge in [-0.3, -0.25) is 0 Å². The van der Waals surface area contributed by atoms with Crippen LogP contribution in [0.15, 0.2) is 91.0 Å². The van der Waals surface area contributed by atoms with Gasteiger partial charge in [-0.15, -0.1) is 0 Å². The number of aryl methyl sites for hydroxylation is 1. The van der Waals surface area contributed by atoms with Crippen molar-refractivity contribution in [3.63, 3.8) is 0 Å². The minimum Gasteiger partial charge on any atom is -0.0888 e. The average Bonchev–Trinajstić information content (AvgIpc) is 2.66. The second kappa shape index (κ2) is 8.31. The van der Waals surface area contributed by atoms with E-state index < -0.39 is 0 Å². The summed E-state index contributed by atoms with van der Waals surface area (Å²) in [6.07, 6.45) is 7.84. The van der Waals surface area contributed by atoms with Gasteiger partial charge in [-0.25, -0.2) is 0 Å². The third-order valence-electron chi connectivity index (χ3n) is 4.30. The first-order chi connectivity index (χ1) is 11.9. The Bertz CT molecular complexity index is 780. The van der Waals surface area contributed by atoms with Crippen LogP contribution in [0.5, 0.6) is 0 Å². The van der Waals surface area contributed by atoms with Gasteiger partial charge in [0.1, 0.15) is 0 Å².